The number of aromatic nitrogens is 2. The maximum Gasteiger partial charge on any atom is 0.261 e. The van der Waals surface area contributed by atoms with Gasteiger partial charge >= 0.3 is 0 Å². The number of carbonyl (C=O) groups is 3. The molecule has 0 atom stereocenters. The summed E-state index contributed by atoms with van der Waals surface area (Å²) in [5.41, 5.74) is 3.68. The van der Waals surface area contributed by atoms with Crippen LogP contribution in [-0.4, -0.2) is 39.1 Å². The predicted octanol–water partition coefficient (Wildman–Crippen LogP) is 4.94. The van der Waals surface area contributed by atoms with Gasteiger partial charge in [0.1, 0.15) is 0 Å². The summed E-state index contributed by atoms with van der Waals surface area (Å²) in [6, 6.07) is 12.6. The Morgan fingerprint density at radius 1 is 1.09 bits per heavy atom. The highest BCUT2D eigenvalue weighted by atomic mass is 32.1. The van der Waals surface area contributed by atoms with Crippen LogP contribution in [0, 0.1) is 0 Å². The Balaban J connectivity index is 1.35. The number of H-pyrrole nitrogens is 1. The number of anilines is 1. The maximum atomic E-state index is 12.8. The van der Waals surface area contributed by atoms with Crippen molar-refractivity contribution in [3.63, 3.8) is 0 Å². The van der Waals surface area contributed by atoms with Crippen molar-refractivity contribution in [1.29, 1.82) is 0 Å². The minimum Gasteiger partial charge on any atom is -0.360 e. The van der Waals surface area contributed by atoms with Gasteiger partial charge in [-0.05, 0) is 30.7 Å². The molecule has 8 heteroatoms. The Kier molecular flexibility index (Phi) is 5.07. The van der Waals surface area contributed by atoms with Crippen LogP contribution in [0.25, 0.3) is 22.2 Å². The molecule has 3 amide bonds. The highest BCUT2D eigenvalue weighted by molar-refractivity contribution is 7.14. The third kappa shape index (κ3) is 3.38. The molecular weight excluding hydrogens is 424 g/mol. The number of hydrogen-bond donors (Lipinski definition) is 2. The summed E-state index contributed by atoms with van der Waals surface area (Å²) < 4.78 is 0. The van der Waals surface area contributed by atoms with Gasteiger partial charge in [-0.15, -0.1) is 11.3 Å². The minimum absolute atomic E-state index is 0.275. The van der Waals surface area contributed by atoms with Gasteiger partial charge in [-0.25, -0.2) is 4.98 Å². The number of nitrogens with one attached hydrogen (secondary N) is 2. The van der Waals surface area contributed by atoms with E-state index in [0.717, 1.165) is 35.0 Å². The van der Waals surface area contributed by atoms with Gasteiger partial charge in [0.05, 0.1) is 16.8 Å². The lowest BCUT2D eigenvalue weighted by atomic mass is 10.1. The van der Waals surface area contributed by atoms with Crippen LogP contribution in [0.2, 0.25) is 0 Å². The van der Waals surface area contributed by atoms with Gasteiger partial charge in [-0.3, -0.25) is 24.6 Å². The van der Waals surface area contributed by atoms with Crippen molar-refractivity contribution >= 4 is 45.1 Å². The molecule has 0 fully saturated rings. The molecule has 4 aromatic rings. The van der Waals surface area contributed by atoms with Gasteiger partial charge in [0.25, 0.3) is 17.7 Å². The van der Waals surface area contributed by atoms with Crippen molar-refractivity contribution in [2.45, 2.75) is 19.8 Å². The molecule has 0 spiro atoms. The molecule has 0 aliphatic carbocycles. The van der Waals surface area contributed by atoms with E-state index >= 15 is 0 Å². The number of fused-ring (bicyclic) bond motifs is 2. The van der Waals surface area contributed by atoms with Gasteiger partial charge < -0.3 is 4.98 Å². The van der Waals surface area contributed by atoms with E-state index in [4.69, 9.17) is 0 Å². The predicted molar refractivity (Wildman–Crippen MR) is 124 cm³/mol. The first-order valence-corrected chi connectivity index (χ1v) is 11.3. The van der Waals surface area contributed by atoms with Crippen molar-refractivity contribution in [2.24, 2.45) is 0 Å². The van der Waals surface area contributed by atoms with E-state index in [-0.39, 0.29) is 23.3 Å². The molecule has 0 radical (unpaired) electrons. The molecule has 5 rings (SSSR count). The molecule has 1 aliphatic rings. The van der Waals surface area contributed by atoms with E-state index in [1.165, 1.54) is 22.3 Å². The number of carbonyl (C=O) groups excluding carboxylic acids is 3. The number of thiazole rings is 1. The first kappa shape index (κ1) is 20.1. The summed E-state index contributed by atoms with van der Waals surface area (Å²) in [5, 5.41) is 6.21. The zero-order valence-corrected chi connectivity index (χ0v) is 18.2. The van der Waals surface area contributed by atoms with Crippen molar-refractivity contribution in [2.75, 3.05) is 11.9 Å². The molecule has 0 saturated heterocycles. The van der Waals surface area contributed by atoms with E-state index < -0.39 is 0 Å². The summed E-state index contributed by atoms with van der Waals surface area (Å²) >= 11 is 1.33. The molecular formula is C24H20N4O3S. The lowest BCUT2D eigenvalue weighted by Gasteiger charge is -2.12. The monoisotopic (exact) mass is 444 g/mol. The number of benzene rings is 2. The van der Waals surface area contributed by atoms with Crippen molar-refractivity contribution < 1.29 is 14.4 Å². The minimum atomic E-state index is -0.375. The number of nitrogens with zero attached hydrogens (tertiary/aromatic N) is 2. The Morgan fingerprint density at radius 3 is 2.75 bits per heavy atom. The number of para-hydroxylation sites is 1. The lowest BCUT2D eigenvalue weighted by molar-refractivity contribution is 0.0652. The van der Waals surface area contributed by atoms with Crippen molar-refractivity contribution in [3.8, 4) is 11.3 Å². The first-order chi connectivity index (χ1) is 15.6. The molecule has 2 N–H and O–H groups in total. The summed E-state index contributed by atoms with van der Waals surface area (Å²) in [5.74, 6) is -1.02. The SMILES string of the molecule is CCCCN1C(=O)c2ccc(C(=O)Nc3nc(-c4c[nH]c5ccccc45)cs3)cc2C1=O. The van der Waals surface area contributed by atoms with Crippen LogP contribution in [0.4, 0.5) is 5.13 Å². The first-order valence-electron chi connectivity index (χ1n) is 10.4. The number of rotatable bonds is 6. The second kappa shape index (κ2) is 8.05. The standard InChI is InChI=1S/C24H20N4O3S/c1-2-3-10-28-22(30)16-9-8-14(11-17(16)23(28)31)21(29)27-24-26-20(13-32-24)18-12-25-19-7-5-4-6-15(18)19/h4-9,11-13,25H,2-3,10H2,1H3,(H,26,27,29). The molecule has 0 bridgehead atoms. The summed E-state index contributed by atoms with van der Waals surface area (Å²) in [7, 11) is 0. The zero-order valence-electron chi connectivity index (χ0n) is 17.3. The molecule has 1 aliphatic heterocycles. The van der Waals surface area contributed by atoms with Gasteiger partial charge in [-0.2, -0.15) is 0 Å². The fourth-order valence-corrected chi connectivity index (χ4v) is 4.56. The van der Waals surface area contributed by atoms with Crippen LogP contribution in [0.1, 0.15) is 50.8 Å². The quantitative estimate of drug-likeness (QED) is 0.412. The molecule has 160 valence electrons. The number of imide groups is 1. The summed E-state index contributed by atoms with van der Waals surface area (Å²) in [6.45, 7) is 2.39. The van der Waals surface area contributed by atoms with E-state index in [0.29, 0.717) is 22.8 Å². The molecule has 2 aromatic heterocycles. The zero-order chi connectivity index (χ0) is 22.2. The third-order valence-electron chi connectivity index (χ3n) is 5.56. The third-order valence-corrected chi connectivity index (χ3v) is 6.32. The van der Waals surface area contributed by atoms with Crippen molar-refractivity contribution in [3.05, 3.63) is 70.7 Å². The van der Waals surface area contributed by atoms with Gasteiger partial charge in [0.15, 0.2) is 5.13 Å². The maximum absolute atomic E-state index is 12.8. The van der Waals surface area contributed by atoms with Crippen LogP contribution >= 0.6 is 11.3 Å². The smallest absolute Gasteiger partial charge is 0.261 e. The molecule has 7 nitrogen and oxygen atoms in total. The van der Waals surface area contributed by atoms with Gasteiger partial charge in [0, 0.05) is 40.2 Å². The Labute approximate surface area is 188 Å². The average molecular weight is 445 g/mol. The fourth-order valence-electron chi connectivity index (χ4n) is 3.86. The summed E-state index contributed by atoms with van der Waals surface area (Å²) in [4.78, 5) is 47.0. The summed E-state index contributed by atoms with van der Waals surface area (Å²) in [6.07, 6.45) is 3.54. The Morgan fingerprint density at radius 2 is 1.91 bits per heavy atom. The second-order valence-corrected chi connectivity index (χ2v) is 8.47. The highest BCUT2D eigenvalue weighted by Gasteiger charge is 2.35. The lowest BCUT2D eigenvalue weighted by Crippen LogP contribution is -2.30. The van der Waals surface area contributed by atoms with E-state index in [2.05, 4.69) is 15.3 Å². The molecule has 3 heterocycles. The second-order valence-electron chi connectivity index (χ2n) is 7.62. The van der Waals surface area contributed by atoms with Gasteiger partial charge in [-0.1, -0.05) is 31.5 Å². The number of hydrogen-bond acceptors (Lipinski definition) is 5. The number of unbranched alkanes of at least 4 members (excludes halogenated alkanes) is 1. The fraction of sp³-hybridized carbons (Fsp3) is 0.167. The van der Waals surface area contributed by atoms with E-state index in [1.54, 1.807) is 12.1 Å². The van der Waals surface area contributed by atoms with Crippen LogP contribution in [0.15, 0.2) is 54.0 Å². The Hall–Kier alpha value is -3.78. The topological polar surface area (TPSA) is 95.2 Å². The number of amides is 3. The molecule has 32 heavy (non-hydrogen) atoms. The molecule has 2 aromatic carbocycles. The number of aromatic amines is 1. The van der Waals surface area contributed by atoms with Crippen molar-refractivity contribution in [1.82, 2.24) is 14.9 Å². The van der Waals surface area contributed by atoms with Crippen LogP contribution < -0.4 is 5.32 Å². The van der Waals surface area contributed by atoms with Crippen LogP contribution in [-0.2, 0) is 0 Å². The molecule has 0 unspecified atom stereocenters. The van der Waals surface area contributed by atoms with E-state index in [1.807, 2.05) is 42.8 Å². The normalized spacial score (nSPS) is 13.1. The average Bonchev–Trinajstić information content (AvgIpc) is 3.50. The van der Waals surface area contributed by atoms with E-state index in [9.17, 15) is 14.4 Å². The van der Waals surface area contributed by atoms with Crippen LogP contribution in [0.3, 0.4) is 0 Å². The molecule has 0 saturated carbocycles. The van der Waals surface area contributed by atoms with Crippen LogP contribution in [0.5, 0.6) is 0 Å². The highest BCUT2D eigenvalue weighted by Crippen LogP contribution is 2.31. The largest absolute Gasteiger partial charge is 0.360 e. The van der Waals surface area contributed by atoms with Gasteiger partial charge in [0.2, 0.25) is 0 Å². The Bertz CT molecular complexity index is 1370.